The SMILES string of the molecule is O=C(COc1cc(Cl)ccc1Cl)NCc1nn(-c2ccccc2)c2c1CCC2. The highest BCUT2D eigenvalue weighted by Crippen LogP contribution is 2.28. The van der Waals surface area contributed by atoms with E-state index >= 15 is 0 Å². The number of para-hydroxylation sites is 1. The summed E-state index contributed by atoms with van der Waals surface area (Å²) in [4.78, 5) is 12.2. The van der Waals surface area contributed by atoms with Crippen LogP contribution in [-0.4, -0.2) is 22.3 Å². The minimum atomic E-state index is -0.239. The summed E-state index contributed by atoms with van der Waals surface area (Å²) in [5.41, 5.74) is 4.42. The fourth-order valence-corrected chi connectivity index (χ4v) is 3.74. The molecule has 0 atom stereocenters. The lowest BCUT2D eigenvalue weighted by atomic mass is 10.2. The van der Waals surface area contributed by atoms with E-state index in [-0.39, 0.29) is 12.5 Å². The molecule has 144 valence electrons. The zero-order valence-electron chi connectivity index (χ0n) is 15.1. The molecule has 4 rings (SSSR count). The number of ether oxygens (including phenoxy) is 1. The van der Waals surface area contributed by atoms with Crippen molar-refractivity contribution in [1.82, 2.24) is 15.1 Å². The van der Waals surface area contributed by atoms with Crippen molar-refractivity contribution in [3.05, 3.63) is 75.5 Å². The molecule has 2 aromatic carbocycles. The third-order valence-corrected chi connectivity index (χ3v) is 5.27. The summed E-state index contributed by atoms with van der Waals surface area (Å²) >= 11 is 12.0. The highest BCUT2D eigenvalue weighted by molar-refractivity contribution is 6.34. The van der Waals surface area contributed by atoms with Gasteiger partial charge < -0.3 is 10.1 Å². The number of nitrogens with zero attached hydrogens (tertiary/aromatic N) is 2. The predicted octanol–water partition coefficient (Wildman–Crippen LogP) is 4.36. The third kappa shape index (κ3) is 4.01. The Bertz CT molecular complexity index is 1000. The Morgan fingerprint density at radius 1 is 1.14 bits per heavy atom. The number of nitrogens with one attached hydrogen (secondary N) is 1. The van der Waals surface area contributed by atoms with Crippen LogP contribution >= 0.6 is 23.2 Å². The normalized spacial score (nSPS) is 12.6. The quantitative estimate of drug-likeness (QED) is 0.650. The molecule has 0 bridgehead atoms. The number of fused-ring (bicyclic) bond motifs is 1. The van der Waals surface area contributed by atoms with E-state index in [4.69, 9.17) is 33.0 Å². The van der Waals surface area contributed by atoms with Crippen molar-refractivity contribution in [2.24, 2.45) is 0 Å². The lowest BCUT2D eigenvalue weighted by molar-refractivity contribution is -0.123. The molecule has 0 unspecified atom stereocenters. The second kappa shape index (κ2) is 8.25. The van der Waals surface area contributed by atoms with Gasteiger partial charge in [0.2, 0.25) is 0 Å². The number of benzene rings is 2. The first-order valence-electron chi connectivity index (χ1n) is 9.11. The molecule has 5 nitrogen and oxygen atoms in total. The summed E-state index contributed by atoms with van der Waals surface area (Å²) in [6, 6.07) is 15.0. The van der Waals surface area contributed by atoms with Gasteiger partial charge in [-0.15, -0.1) is 0 Å². The third-order valence-electron chi connectivity index (χ3n) is 4.72. The van der Waals surface area contributed by atoms with Gasteiger partial charge in [0, 0.05) is 16.8 Å². The molecule has 3 aromatic rings. The molecule has 0 saturated heterocycles. The van der Waals surface area contributed by atoms with E-state index in [1.54, 1.807) is 18.2 Å². The van der Waals surface area contributed by atoms with E-state index in [0.717, 1.165) is 30.6 Å². The van der Waals surface area contributed by atoms with Crippen LogP contribution in [-0.2, 0) is 24.2 Å². The van der Waals surface area contributed by atoms with Crippen LogP contribution in [0.1, 0.15) is 23.4 Å². The van der Waals surface area contributed by atoms with Crippen LogP contribution in [0.5, 0.6) is 5.75 Å². The highest BCUT2D eigenvalue weighted by Gasteiger charge is 2.23. The first kappa shape index (κ1) is 18.8. The van der Waals surface area contributed by atoms with Gasteiger partial charge in [-0.1, -0.05) is 41.4 Å². The van der Waals surface area contributed by atoms with E-state index < -0.39 is 0 Å². The molecule has 1 amide bonds. The van der Waals surface area contributed by atoms with Gasteiger partial charge in [-0.25, -0.2) is 4.68 Å². The molecule has 0 aliphatic heterocycles. The van der Waals surface area contributed by atoms with Gasteiger partial charge in [-0.3, -0.25) is 4.79 Å². The number of aromatic nitrogens is 2. The van der Waals surface area contributed by atoms with Crippen LogP contribution in [0.2, 0.25) is 10.0 Å². The van der Waals surface area contributed by atoms with Gasteiger partial charge in [0.1, 0.15) is 5.75 Å². The lowest BCUT2D eigenvalue weighted by Gasteiger charge is -2.09. The van der Waals surface area contributed by atoms with Gasteiger partial charge >= 0.3 is 0 Å². The number of rotatable bonds is 6. The zero-order valence-corrected chi connectivity index (χ0v) is 16.6. The maximum Gasteiger partial charge on any atom is 0.258 e. The Morgan fingerprint density at radius 2 is 1.96 bits per heavy atom. The largest absolute Gasteiger partial charge is 0.482 e. The van der Waals surface area contributed by atoms with E-state index in [0.29, 0.717) is 22.3 Å². The molecular formula is C21H19Cl2N3O2. The minimum Gasteiger partial charge on any atom is -0.482 e. The van der Waals surface area contributed by atoms with Crippen LogP contribution in [0, 0.1) is 0 Å². The van der Waals surface area contributed by atoms with Crippen molar-refractivity contribution in [2.75, 3.05) is 6.61 Å². The first-order chi connectivity index (χ1) is 13.6. The number of hydrogen-bond donors (Lipinski definition) is 1. The zero-order chi connectivity index (χ0) is 19.5. The molecule has 1 N–H and O–H groups in total. The summed E-state index contributed by atoms with van der Waals surface area (Å²) in [5, 5.41) is 8.54. The first-order valence-corrected chi connectivity index (χ1v) is 9.87. The van der Waals surface area contributed by atoms with Crippen LogP contribution in [0.4, 0.5) is 0 Å². The summed E-state index contributed by atoms with van der Waals surface area (Å²) in [6.45, 7) is 0.231. The molecule has 0 fully saturated rings. The van der Waals surface area contributed by atoms with E-state index in [9.17, 15) is 4.79 Å². The van der Waals surface area contributed by atoms with Crippen LogP contribution < -0.4 is 10.1 Å². The number of carbonyl (C=O) groups excluding carboxylic acids is 1. The van der Waals surface area contributed by atoms with Gasteiger partial charge in [0.05, 0.1) is 22.9 Å². The van der Waals surface area contributed by atoms with Crippen molar-refractivity contribution < 1.29 is 9.53 Å². The smallest absolute Gasteiger partial charge is 0.258 e. The Morgan fingerprint density at radius 3 is 2.79 bits per heavy atom. The lowest BCUT2D eigenvalue weighted by Crippen LogP contribution is -2.29. The Kier molecular flexibility index (Phi) is 5.55. The Labute approximate surface area is 173 Å². The fraction of sp³-hybridized carbons (Fsp3) is 0.238. The number of hydrogen-bond acceptors (Lipinski definition) is 3. The Balaban J connectivity index is 1.41. The maximum atomic E-state index is 12.2. The average molecular weight is 416 g/mol. The summed E-state index contributed by atoms with van der Waals surface area (Å²) in [6.07, 6.45) is 3.10. The standard InChI is InChI=1S/C21H19Cl2N3O2/c22-14-9-10-17(23)20(11-14)28-13-21(27)24-12-18-16-7-4-8-19(16)26(25-18)15-5-2-1-3-6-15/h1-3,5-6,9-11H,4,7-8,12-13H2,(H,24,27). The van der Waals surface area contributed by atoms with E-state index in [2.05, 4.69) is 5.32 Å². The van der Waals surface area contributed by atoms with Gasteiger partial charge in [0.25, 0.3) is 5.91 Å². The second-order valence-electron chi connectivity index (χ2n) is 6.61. The van der Waals surface area contributed by atoms with E-state index in [1.807, 2.05) is 35.0 Å². The summed E-state index contributed by atoms with van der Waals surface area (Å²) < 4.78 is 7.47. The molecule has 1 heterocycles. The predicted molar refractivity (Wildman–Crippen MR) is 109 cm³/mol. The van der Waals surface area contributed by atoms with Crippen LogP contribution in [0.3, 0.4) is 0 Å². The van der Waals surface area contributed by atoms with Gasteiger partial charge in [-0.05, 0) is 49.1 Å². The van der Waals surface area contributed by atoms with Crippen LogP contribution in [0.15, 0.2) is 48.5 Å². The molecule has 28 heavy (non-hydrogen) atoms. The molecular weight excluding hydrogens is 397 g/mol. The Hall–Kier alpha value is -2.50. The van der Waals surface area contributed by atoms with Crippen molar-refractivity contribution in [3.8, 4) is 11.4 Å². The van der Waals surface area contributed by atoms with E-state index in [1.165, 1.54) is 11.3 Å². The molecule has 1 aliphatic rings. The van der Waals surface area contributed by atoms with Crippen molar-refractivity contribution >= 4 is 29.1 Å². The van der Waals surface area contributed by atoms with Gasteiger partial charge in [0.15, 0.2) is 6.61 Å². The average Bonchev–Trinajstić information content (AvgIpc) is 3.31. The maximum absolute atomic E-state index is 12.2. The second-order valence-corrected chi connectivity index (χ2v) is 7.46. The topological polar surface area (TPSA) is 56.1 Å². The van der Waals surface area contributed by atoms with Crippen molar-refractivity contribution in [2.45, 2.75) is 25.8 Å². The monoisotopic (exact) mass is 415 g/mol. The molecule has 0 saturated carbocycles. The summed E-state index contributed by atoms with van der Waals surface area (Å²) in [7, 11) is 0. The highest BCUT2D eigenvalue weighted by atomic mass is 35.5. The molecule has 0 radical (unpaired) electrons. The molecule has 0 spiro atoms. The fourth-order valence-electron chi connectivity index (χ4n) is 3.40. The van der Waals surface area contributed by atoms with Crippen molar-refractivity contribution in [3.63, 3.8) is 0 Å². The molecule has 1 aromatic heterocycles. The van der Waals surface area contributed by atoms with Gasteiger partial charge in [-0.2, -0.15) is 5.10 Å². The van der Waals surface area contributed by atoms with Crippen molar-refractivity contribution in [1.29, 1.82) is 0 Å². The number of amides is 1. The molecule has 1 aliphatic carbocycles. The number of carbonyl (C=O) groups is 1. The molecule has 7 heteroatoms. The number of halogens is 2. The summed E-state index contributed by atoms with van der Waals surface area (Å²) in [5.74, 6) is 0.149. The minimum absolute atomic E-state index is 0.137. The van der Waals surface area contributed by atoms with Crippen LogP contribution in [0.25, 0.3) is 5.69 Å².